The fraction of sp³-hybridized carbons (Fsp3) is 0.538. The van der Waals surface area contributed by atoms with E-state index in [4.69, 9.17) is 0 Å². The van der Waals surface area contributed by atoms with Crippen molar-refractivity contribution in [3.05, 3.63) is 22.0 Å². The van der Waals surface area contributed by atoms with E-state index in [2.05, 4.69) is 15.3 Å². The normalized spacial score (nSPS) is 14.7. The summed E-state index contributed by atoms with van der Waals surface area (Å²) in [7, 11) is 0. The van der Waals surface area contributed by atoms with E-state index >= 15 is 0 Å². The van der Waals surface area contributed by atoms with Gasteiger partial charge in [-0.15, -0.1) is 5.10 Å². The van der Waals surface area contributed by atoms with E-state index < -0.39 is 0 Å². The molecule has 2 heterocycles. The zero-order valence-electron chi connectivity index (χ0n) is 11.1. The summed E-state index contributed by atoms with van der Waals surface area (Å²) in [5.41, 5.74) is 2.47. The Morgan fingerprint density at radius 3 is 2.79 bits per heavy atom. The van der Waals surface area contributed by atoms with Gasteiger partial charge >= 0.3 is 0 Å². The van der Waals surface area contributed by atoms with Crippen LogP contribution in [0.15, 0.2) is 0 Å². The van der Waals surface area contributed by atoms with E-state index in [9.17, 15) is 4.79 Å². The minimum atomic E-state index is 0.191. The molecule has 0 atom stereocenters. The lowest BCUT2D eigenvalue weighted by atomic mass is 10.0. The third-order valence-electron chi connectivity index (χ3n) is 3.41. The third-order valence-corrected chi connectivity index (χ3v) is 4.54. The molecule has 3 rings (SSSR count). The van der Waals surface area contributed by atoms with Crippen LogP contribution in [0, 0.1) is 0 Å². The molecule has 1 aliphatic carbocycles. The summed E-state index contributed by atoms with van der Waals surface area (Å²) in [4.78, 5) is 17.1. The average Bonchev–Trinajstić information content (AvgIpc) is 3.01. The summed E-state index contributed by atoms with van der Waals surface area (Å²) in [6, 6.07) is 0. The Balaban J connectivity index is 2.09. The molecule has 1 aliphatic rings. The highest BCUT2D eigenvalue weighted by molar-refractivity contribution is 7.14. The number of aldehydes is 1. The molecular formula is C13H16N4OS. The van der Waals surface area contributed by atoms with Gasteiger partial charge in [-0.3, -0.25) is 4.79 Å². The number of rotatable bonds is 3. The molecule has 0 saturated carbocycles. The van der Waals surface area contributed by atoms with Crippen molar-refractivity contribution in [2.45, 2.75) is 45.4 Å². The zero-order chi connectivity index (χ0) is 13.4. The molecule has 0 spiro atoms. The van der Waals surface area contributed by atoms with E-state index in [0.717, 1.165) is 30.0 Å². The van der Waals surface area contributed by atoms with E-state index in [1.54, 1.807) is 16.0 Å². The van der Waals surface area contributed by atoms with Crippen LogP contribution >= 0.6 is 11.3 Å². The first-order valence-corrected chi connectivity index (χ1v) is 7.42. The topological polar surface area (TPSA) is 60.7 Å². The van der Waals surface area contributed by atoms with Crippen LogP contribution in [0.25, 0.3) is 5.13 Å². The summed E-state index contributed by atoms with van der Waals surface area (Å²) in [6.45, 7) is 4.07. The van der Waals surface area contributed by atoms with Gasteiger partial charge in [-0.05, 0) is 31.6 Å². The van der Waals surface area contributed by atoms with E-state index in [1.165, 1.54) is 23.4 Å². The van der Waals surface area contributed by atoms with Gasteiger partial charge in [-0.2, -0.15) is 4.68 Å². The Morgan fingerprint density at radius 1 is 1.32 bits per heavy atom. The van der Waals surface area contributed by atoms with Crippen molar-refractivity contribution in [3.63, 3.8) is 0 Å². The number of hydrogen-bond donors (Lipinski definition) is 0. The summed E-state index contributed by atoms with van der Waals surface area (Å²) in [5, 5.41) is 8.90. The van der Waals surface area contributed by atoms with Crippen LogP contribution in [0.2, 0.25) is 0 Å². The van der Waals surface area contributed by atoms with Crippen molar-refractivity contribution in [1.29, 1.82) is 0 Å². The summed E-state index contributed by atoms with van der Waals surface area (Å²) in [6.07, 6.45) is 5.39. The molecule has 2 aromatic rings. The lowest BCUT2D eigenvalue weighted by molar-refractivity contribution is 0.111. The number of aromatic nitrogens is 4. The Kier molecular flexibility index (Phi) is 3.18. The fourth-order valence-electron chi connectivity index (χ4n) is 2.50. The van der Waals surface area contributed by atoms with Crippen LogP contribution in [0.1, 0.15) is 59.4 Å². The predicted molar refractivity (Wildman–Crippen MR) is 73.1 cm³/mol. The van der Waals surface area contributed by atoms with Gasteiger partial charge in [0.1, 0.15) is 5.69 Å². The Hall–Kier alpha value is -1.56. The summed E-state index contributed by atoms with van der Waals surface area (Å²) >= 11 is 1.68. The van der Waals surface area contributed by atoms with Gasteiger partial charge in [0.15, 0.2) is 6.29 Å². The predicted octanol–water partition coefficient (Wildman–Crippen LogP) is 2.54. The van der Waals surface area contributed by atoms with E-state index in [-0.39, 0.29) is 5.92 Å². The maximum atomic E-state index is 11.0. The minimum absolute atomic E-state index is 0.191. The fourth-order valence-corrected chi connectivity index (χ4v) is 3.60. The van der Waals surface area contributed by atoms with Crippen LogP contribution in [0.5, 0.6) is 0 Å². The molecule has 19 heavy (non-hydrogen) atoms. The molecule has 0 amide bonds. The Bertz CT molecular complexity index is 591. The van der Waals surface area contributed by atoms with Crippen molar-refractivity contribution in [3.8, 4) is 5.13 Å². The van der Waals surface area contributed by atoms with Gasteiger partial charge in [0.25, 0.3) is 0 Å². The average molecular weight is 276 g/mol. The zero-order valence-corrected chi connectivity index (χ0v) is 11.9. The lowest BCUT2D eigenvalue weighted by Gasteiger charge is -2.06. The highest BCUT2D eigenvalue weighted by Gasteiger charge is 2.21. The van der Waals surface area contributed by atoms with Crippen molar-refractivity contribution in [2.75, 3.05) is 0 Å². The van der Waals surface area contributed by atoms with Crippen LogP contribution in [0.3, 0.4) is 0 Å². The number of fused-ring (bicyclic) bond motifs is 1. The van der Waals surface area contributed by atoms with Gasteiger partial charge < -0.3 is 0 Å². The van der Waals surface area contributed by atoms with Gasteiger partial charge in [-0.25, -0.2) is 4.98 Å². The second-order valence-electron chi connectivity index (χ2n) is 5.12. The van der Waals surface area contributed by atoms with Gasteiger partial charge in [0.05, 0.1) is 11.4 Å². The largest absolute Gasteiger partial charge is 0.296 e. The molecule has 0 aliphatic heterocycles. The second kappa shape index (κ2) is 4.85. The first kappa shape index (κ1) is 12.5. The summed E-state index contributed by atoms with van der Waals surface area (Å²) in [5.74, 6) is 0.191. The molecule has 0 unspecified atom stereocenters. The van der Waals surface area contributed by atoms with Gasteiger partial charge in [0, 0.05) is 4.88 Å². The second-order valence-corrected chi connectivity index (χ2v) is 6.18. The number of carbonyl (C=O) groups excluding carboxylic acids is 1. The molecule has 100 valence electrons. The van der Waals surface area contributed by atoms with E-state index in [0.29, 0.717) is 5.69 Å². The first-order chi connectivity index (χ1) is 9.20. The van der Waals surface area contributed by atoms with Crippen molar-refractivity contribution >= 4 is 17.6 Å². The molecule has 5 nitrogen and oxygen atoms in total. The maximum absolute atomic E-state index is 11.0. The van der Waals surface area contributed by atoms with Crippen LogP contribution < -0.4 is 0 Å². The SMILES string of the molecule is CC(C)c1c(C=O)nnn1-c1nc2c(s1)CCCC2. The maximum Gasteiger partial charge on any atom is 0.212 e. The Labute approximate surface area is 115 Å². The molecule has 6 heteroatoms. The number of aryl methyl sites for hydroxylation is 2. The quantitative estimate of drug-likeness (QED) is 0.808. The molecule has 0 bridgehead atoms. The lowest BCUT2D eigenvalue weighted by Crippen LogP contribution is -2.05. The van der Waals surface area contributed by atoms with Crippen LogP contribution in [-0.4, -0.2) is 26.3 Å². The smallest absolute Gasteiger partial charge is 0.212 e. The van der Waals surface area contributed by atoms with Gasteiger partial charge in [-0.1, -0.05) is 30.4 Å². The molecule has 0 fully saturated rings. The summed E-state index contributed by atoms with van der Waals surface area (Å²) < 4.78 is 1.73. The van der Waals surface area contributed by atoms with Crippen LogP contribution in [0.4, 0.5) is 0 Å². The number of hydrogen-bond acceptors (Lipinski definition) is 5. The first-order valence-electron chi connectivity index (χ1n) is 6.60. The van der Waals surface area contributed by atoms with Crippen molar-refractivity contribution < 1.29 is 4.79 Å². The number of nitrogens with zero attached hydrogens (tertiary/aromatic N) is 4. The van der Waals surface area contributed by atoms with Crippen molar-refractivity contribution in [2.24, 2.45) is 0 Å². The minimum Gasteiger partial charge on any atom is -0.296 e. The number of thiazole rings is 1. The Morgan fingerprint density at radius 2 is 2.11 bits per heavy atom. The highest BCUT2D eigenvalue weighted by Crippen LogP contribution is 2.30. The molecular weight excluding hydrogens is 260 g/mol. The number of carbonyl (C=O) groups is 1. The molecule has 0 saturated heterocycles. The standard InChI is InChI=1S/C13H16N4OS/c1-8(2)12-10(7-18)15-16-17(12)13-14-9-5-3-4-6-11(9)19-13/h7-8H,3-6H2,1-2H3. The van der Waals surface area contributed by atoms with Crippen molar-refractivity contribution in [1.82, 2.24) is 20.0 Å². The van der Waals surface area contributed by atoms with E-state index in [1.807, 2.05) is 13.8 Å². The monoisotopic (exact) mass is 276 g/mol. The molecule has 0 radical (unpaired) electrons. The van der Waals surface area contributed by atoms with Crippen LogP contribution in [-0.2, 0) is 12.8 Å². The highest BCUT2D eigenvalue weighted by atomic mass is 32.1. The molecule has 0 N–H and O–H groups in total. The van der Waals surface area contributed by atoms with Gasteiger partial charge in [0.2, 0.25) is 5.13 Å². The molecule has 2 aromatic heterocycles. The third kappa shape index (κ3) is 2.10. The molecule has 0 aromatic carbocycles.